The van der Waals surface area contributed by atoms with Crippen LogP contribution in [0, 0.1) is 12.7 Å². The Morgan fingerprint density at radius 1 is 1.35 bits per heavy atom. The molecule has 3 N–H and O–H groups in total. The second-order valence-electron chi connectivity index (χ2n) is 4.06. The SMILES string of the molecule is Cc1nnsc1C(NN)c1ccc(C(F)(F)F)c(F)c1. The molecule has 1 aromatic carbocycles. The second-order valence-corrected chi connectivity index (χ2v) is 4.85. The summed E-state index contributed by atoms with van der Waals surface area (Å²) in [4.78, 5) is 0.617. The molecule has 1 aromatic heterocycles. The van der Waals surface area contributed by atoms with Gasteiger partial charge in [-0.3, -0.25) is 5.84 Å². The molecule has 0 fully saturated rings. The first-order valence-corrected chi connectivity index (χ1v) is 6.23. The van der Waals surface area contributed by atoms with Crippen LogP contribution >= 0.6 is 11.5 Å². The van der Waals surface area contributed by atoms with Crippen molar-refractivity contribution in [1.29, 1.82) is 0 Å². The smallest absolute Gasteiger partial charge is 0.271 e. The van der Waals surface area contributed by atoms with Crippen molar-refractivity contribution in [2.45, 2.75) is 19.1 Å². The molecule has 108 valence electrons. The van der Waals surface area contributed by atoms with Crippen LogP contribution in [0.5, 0.6) is 0 Å². The molecule has 20 heavy (non-hydrogen) atoms. The fourth-order valence-electron chi connectivity index (χ4n) is 1.77. The molecule has 1 unspecified atom stereocenters. The van der Waals surface area contributed by atoms with Gasteiger partial charge in [-0.1, -0.05) is 10.6 Å². The number of nitrogens with one attached hydrogen (secondary N) is 1. The summed E-state index contributed by atoms with van der Waals surface area (Å²) in [5.74, 6) is 4.05. The number of benzene rings is 1. The second kappa shape index (κ2) is 5.43. The summed E-state index contributed by atoms with van der Waals surface area (Å²) in [6.07, 6.45) is -4.73. The zero-order chi connectivity index (χ0) is 14.9. The largest absolute Gasteiger partial charge is 0.419 e. The van der Waals surface area contributed by atoms with Gasteiger partial charge in [0, 0.05) is 0 Å². The molecule has 0 aliphatic rings. The van der Waals surface area contributed by atoms with E-state index in [1.54, 1.807) is 6.92 Å². The number of nitrogens with zero attached hydrogens (tertiary/aromatic N) is 2. The van der Waals surface area contributed by atoms with Crippen molar-refractivity contribution >= 4 is 11.5 Å². The molecule has 0 saturated heterocycles. The number of aryl methyl sites for hydroxylation is 1. The highest BCUT2D eigenvalue weighted by atomic mass is 32.1. The maximum atomic E-state index is 13.6. The first-order valence-electron chi connectivity index (χ1n) is 5.46. The third kappa shape index (κ3) is 2.79. The summed E-state index contributed by atoms with van der Waals surface area (Å²) in [5, 5.41) is 3.79. The van der Waals surface area contributed by atoms with Gasteiger partial charge in [-0.05, 0) is 36.2 Å². The third-order valence-corrected chi connectivity index (χ3v) is 3.64. The van der Waals surface area contributed by atoms with Gasteiger partial charge in [0.05, 0.1) is 22.2 Å². The van der Waals surface area contributed by atoms with E-state index >= 15 is 0 Å². The van der Waals surface area contributed by atoms with Gasteiger partial charge in [0.1, 0.15) is 5.82 Å². The van der Waals surface area contributed by atoms with Gasteiger partial charge >= 0.3 is 6.18 Å². The van der Waals surface area contributed by atoms with Crippen molar-refractivity contribution in [1.82, 2.24) is 15.0 Å². The Hall–Kier alpha value is -1.58. The Morgan fingerprint density at radius 2 is 2.05 bits per heavy atom. The van der Waals surface area contributed by atoms with Crippen molar-refractivity contribution in [2.24, 2.45) is 5.84 Å². The van der Waals surface area contributed by atoms with Crippen molar-refractivity contribution in [3.63, 3.8) is 0 Å². The molecule has 0 aliphatic heterocycles. The number of hydrazine groups is 1. The fourth-order valence-corrected chi connectivity index (χ4v) is 2.50. The van der Waals surface area contributed by atoms with E-state index in [4.69, 9.17) is 5.84 Å². The van der Waals surface area contributed by atoms with Gasteiger partial charge in [-0.2, -0.15) is 13.2 Å². The number of rotatable bonds is 3. The van der Waals surface area contributed by atoms with Crippen LogP contribution in [0.3, 0.4) is 0 Å². The normalized spacial score (nSPS) is 13.5. The van der Waals surface area contributed by atoms with Gasteiger partial charge < -0.3 is 0 Å². The predicted molar refractivity (Wildman–Crippen MR) is 65.2 cm³/mol. The lowest BCUT2D eigenvalue weighted by atomic mass is 10.0. The lowest BCUT2D eigenvalue weighted by molar-refractivity contribution is -0.140. The lowest BCUT2D eigenvalue weighted by Gasteiger charge is -2.16. The zero-order valence-corrected chi connectivity index (χ0v) is 11.0. The summed E-state index contributed by atoms with van der Waals surface area (Å²) < 4.78 is 54.8. The van der Waals surface area contributed by atoms with E-state index in [2.05, 4.69) is 15.0 Å². The van der Waals surface area contributed by atoms with Crippen LogP contribution in [-0.2, 0) is 6.18 Å². The minimum absolute atomic E-state index is 0.271. The highest BCUT2D eigenvalue weighted by Crippen LogP contribution is 2.34. The molecule has 0 saturated carbocycles. The van der Waals surface area contributed by atoms with Gasteiger partial charge in [-0.15, -0.1) is 5.10 Å². The van der Waals surface area contributed by atoms with Crippen LogP contribution in [0.15, 0.2) is 18.2 Å². The topological polar surface area (TPSA) is 63.8 Å². The molecule has 0 amide bonds. The number of hydrogen-bond donors (Lipinski definition) is 2. The summed E-state index contributed by atoms with van der Waals surface area (Å²) in [5.41, 5.74) is 1.97. The number of nitrogens with two attached hydrogens (primary N) is 1. The lowest BCUT2D eigenvalue weighted by Crippen LogP contribution is -2.29. The average Bonchev–Trinajstić information content (AvgIpc) is 2.75. The van der Waals surface area contributed by atoms with Crippen molar-refractivity contribution in [2.75, 3.05) is 0 Å². The van der Waals surface area contributed by atoms with E-state index in [0.29, 0.717) is 16.6 Å². The van der Waals surface area contributed by atoms with E-state index < -0.39 is 23.6 Å². The van der Waals surface area contributed by atoms with Crippen LogP contribution in [0.1, 0.15) is 27.7 Å². The fraction of sp³-hybridized carbons (Fsp3) is 0.273. The molecule has 0 aliphatic carbocycles. The number of hydrogen-bond acceptors (Lipinski definition) is 5. The molecule has 2 rings (SSSR count). The van der Waals surface area contributed by atoms with Crippen LogP contribution in [0.2, 0.25) is 0 Å². The van der Waals surface area contributed by atoms with E-state index in [1.807, 2.05) is 0 Å². The molecule has 0 radical (unpaired) electrons. The minimum atomic E-state index is -4.73. The Balaban J connectivity index is 2.43. The van der Waals surface area contributed by atoms with E-state index in [9.17, 15) is 17.6 Å². The molecule has 2 aromatic rings. The Morgan fingerprint density at radius 3 is 2.50 bits per heavy atom. The highest BCUT2D eigenvalue weighted by molar-refractivity contribution is 7.05. The van der Waals surface area contributed by atoms with Gasteiger partial charge in [0.25, 0.3) is 0 Å². The van der Waals surface area contributed by atoms with Crippen molar-refractivity contribution in [3.8, 4) is 0 Å². The Labute approximate surface area is 115 Å². The zero-order valence-electron chi connectivity index (χ0n) is 10.2. The van der Waals surface area contributed by atoms with Crippen LogP contribution < -0.4 is 11.3 Å². The monoisotopic (exact) mass is 306 g/mol. The predicted octanol–water partition coefficient (Wildman–Crippen LogP) is 2.56. The molecular formula is C11H10F4N4S. The van der Waals surface area contributed by atoms with Crippen LogP contribution in [0.4, 0.5) is 17.6 Å². The molecule has 4 nitrogen and oxygen atoms in total. The van der Waals surface area contributed by atoms with Crippen molar-refractivity contribution < 1.29 is 17.6 Å². The van der Waals surface area contributed by atoms with Crippen molar-refractivity contribution in [3.05, 3.63) is 45.7 Å². The average molecular weight is 306 g/mol. The first-order chi connectivity index (χ1) is 9.34. The van der Waals surface area contributed by atoms with E-state index in [-0.39, 0.29) is 5.56 Å². The first kappa shape index (κ1) is 14.8. The third-order valence-electron chi connectivity index (χ3n) is 2.75. The summed E-state index contributed by atoms with van der Waals surface area (Å²) in [6.45, 7) is 1.68. The molecule has 1 atom stereocenters. The summed E-state index contributed by atoms with van der Waals surface area (Å²) in [7, 11) is 0. The molecule has 1 heterocycles. The number of alkyl halides is 3. The maximum absolute atomic E-state index is 13.6. The van der Waals surface area contributed by atoms with Gasteiger partial charge in [0.15, 0.2) is 0 Å². The van der Waals surface area contributed by atoms with Gasteiger partial charge in [-0.25, -0.2) is 9.82 Å². The van der Waals surface area contributed by atoms with Crippen LogP contribution in [0.25, 0.3) is 0 Å². The Kier molecular flexibility index (Phi) is 4.02. The van der Waals surface area contributed by atoms with Gasteiger partial charge in [0.2, 0.25) is 0 Å². The highest BCUT2D eigenvalue weighted by Gasteiger charge is 2.34. The summed E-state index contributed by atoms with van der Waals surface area (Å²) in [6, 6.07) is 2.02. The minimum Gasteiger partial charge on any atom is -0.271 e. The molecule has 0 spiro atoms. The molecule has 0 bridgehead atoms. The maximum Gasteiger partial charge on any atom is 0.419 e. The Bertz CT molecular complexity index is 611. The standard InChI is InChI=1S/C11H10F4N4S/c1-5-10(20-19-18-5)9(17-16)6-2-3-7(8(12)4-6)11(13,14)15/h2-4,9,17H,16H2,1H3. The van der Waals surface area contributed by atoms with E-state index in [0.717, 1.165) is 17.6 Å². The van der Waals surface area contributed by atoms with E-state index in [1.165, 1.54) is 6.07 Å². The van der Waals surface area contributed by atoms with Crippen LogP contribution in [-0.4, -0.2) is 9.59 Å². The number of aromatic nitrogens is 2. The number of halogens is 4. The molecule has 9 heteroatoms. The molecular weight excluding hydrogens is 296 g/mol. The quantitative estimate of drug-likeness (QED) is 0.520. The summed E-state index contributed by atoms with van der Waals surface area (Å²) >= 11 is 1.04.